The van der Waals surface area contributed by atoms with Crippen LogP contribution in [-0.4, -0.2) is 28.1 Å². The second-order valence-electron chi connectivity index (χ2n) is 4.30. The van der Waals surface area contributed by atoms with Crippen LogP contribution in [0.1, 0.15) is 36.0 Å². The minimum absolute atomic E-state index is 0.229. The van der Waals surface area contributed by atoms with Gasteiger partial charge in [-0.15, -0.1) is 0 Å². The summed E-state index contributed by atoms with van der Waals surface area (Å²) in [6, 6.07) is 2.31. The summed E-state index contributed by atoms with van der Waals surface area (Å²) in [4.78, 5) is 15.2. The fraction of sp³-hybridized carbons (Fsp3) is 0.500. The number of hydrogen-bond acceptors (Lipinski definition) is 3. The van der Waals surface area contributed by atoms with Gasteiger partial charge in [-0.1, -0.05) is 12.8 Å². The van der Waals surface area contributed by atoms with E-state index in [1.165, 1.54) is 12.3 Å². The highest BCUT2D eigenvalue weighted by atomic mass is 19.1. The summed E-state index contributed by atoms with van der Waals surface area (Å²) < 4.78 is 12.8. The van der Waals surface area contributed by atoms with E-state index in [2.05, 4.69) is 10.3 Å². The molecule has 1 aromatic heterocycles. The lowest BCUT2D eigenvalue weighted by Crippen LogP contribution is -2.45. The minimum Gasteiger partial charge on any atom is -0.391 e. The molecule has 2 N–H and O–H groups in total. The van der Waals surface area contributed by atoms with Gasteiger partial charge in [0.05, 0.1) is 12.1 Å². The fourth-order valence-corrected chi connectivity index (χ4v) is 2.08. The Morgan fingerprint density at radius 1 is 1.47 bits per heavy atom. The van der Waals surface area contributed by atoms with E-state index in [1.54, 1.807) is 0 Å². The highest BCUT2D eigenvalue weighted by molar-refractivity contribution is 5.94. The molecule has 0 radical (unpaired) electrons. The summed E-state index contributed by atoms with van der Waals surface area (Å²) in [5, 5.41) is 12.4. The average molecular weight is 238 g/mol. The Kier molecular flexibility index (Phi) is 3.68. The maximum atomic E-state index is 12.8. The molecule has 1 amide bonds. The molecule has 2 atom stereocenters. The third-order valence-corrected chi connectivity index (χ3v) is 3.03. The Morgan fingerprint density at radius 3 is 2.94 bits per heavy atom. The monoisotopic (exact) mass is 238 g/mol. The quantitative estimate of drug-likeness (QED) is 0.762. The molecule has 0 saturated heterocycles. The van der Waals surface area contributed by atoms with Crippen molar-refractivity contribution in [3.63, 3.8) is 0 Å². The second-order valence-corrected chi connectivity index (χ2v) is 4.30. The van der Waals surface area contributed by atoms with Crippen LogP contribution in [0.5, 0.6) is 0 Å². The maximum Gasteiger partial charge on any atom is 0.251 e. The third kappa shape index (κ3) is 3.00. The topological polar surface area (TPSA) is 62.2 Å². The predicted octanol–water partition coefficient (Wildman–Crippen LogP) is 1.25. The predicted molar refractivity (Wildman–Crippen MR) is 59.9 cm³/mol. The molecule has 4 nitrogen and oxygen atoms in total. The van der Waals surface area contributed by atoms with Gasteiger partial charge < -0.3 is 10.4 Å². The van der Waals surface area contributed by atoms with Gasteiger partial charge in [-0.2, -0.15) is 4.39 Å². The van der Waals surface area contributed by atoms with Crippen LogP contribution in [0.2, 0.25) is 0 Å². The smallest absolute Gasteiger partial charge is 0.251 e. The van der Waals surface area contributed by atoms with Gasteiger partial charge in [-0.25, -0.2) is 4.98 Å². The number of halogens is 1. The van der Waals surface area contributed by atoms with E-state index < -0.39 is 12.1 Å². The molecule has 1 heterocycles. The normalized spacial score (nSPS) is 24.4. The van der Waals surface area contributed by atoms with Crippen molar-refractivity contribution in [1.82, 2.24) is 10.3 Å². The lowest BCUT2D eigenvalue weighted by molar-refractivity contribution is 0.0717. The molecule has 2 rings (SSSR count). The van der Waals surface area contributed by atoms with Gasteiger partial charge in [0.15, 0.2) is 0 Å². The average Bonchev–Trinajstić information content (AvgIpc) is 2.32. The molecule has 1 saturated carbocycles. The minimum atomic E-state index is -0.679. The number of carbonyl (C=O) groups is 1. The lowest BCUT2D eigenvalue weighted by Gasteiger charge is -2.28. The molecule has 0 aromatic carbocycles. The standard InChI is InChI=1S/C12H15FN2O2/c13-11-7-8(5-6-14-11)12(17)15-9-3-1-2-4-10(9)16/h5-7,9-10,16H,1-4H2,(H,15,17)/t9-,10-/m1/s1. The van der Waals surface area contributed by atoms with Crippen molar-refractivity contribution in [2.75, 3.05) is 0 Å². The summed E-state index contributed by atoms with van der Waals surface area (Å²) >= 11 is 0. The number of carbonyl (C=O) groups excluding carboxylic acids is 1. The van der Waals surface area contributed by atoms with E-state index in [-0.39, 0.29) is 17.5 Å². The first-order chi connectivity index (χ1) is 8.16. The zero-order chi connectivity index (χ0) is 12.3. The Balaban J connectivity index is 2.01. The fourth-order valence-electron chi connectivity index (χ4n) is 2.08. The van der Waals surface area contributed by atoms with Crippen LogP contribution >= 0.6 is 0 Å². The van der Waals surface area contributed by atoms with E-state index in [1.807, 2.05) is 0 Å². The van der Waals surface area contributed by atoms with Crippen molar-refractivity contribution in [3.05, 3.63) is 29.8 Å². The van der Waals surface area contributed by atoms with Crippen molar-refractivity contribution in [1.29, 1.82) is 0 Å². The van der Waals surface area contributed by atoms with Crippen LogP contribution in [0.25, 0.3) is 0 Å². The highest BCUT2D eigenvalue weighted by Crippen LogP contribution is 2.18. The Hall–Kier alpha value is -1.49. The van der Waals surface area contributed by atoms with Crippen LogP contribution in [-0.2, 0) is 0 Å². The number of rotatable bonds is 2. The summed E-state index contributed by atoms with van der Waals surface area (Å²) in [7, 11) is 0. The van der Waals surface area contributed by atoms with Crippen LogP contribution in [0, 0.1) is 5.95 Å². The van der Waals surface area contributed by atoms with Gasteiger partial charge in [-0.05, 0) is 18.9 Å². The van der Waals surface area contributed by atoms with Gasteiger partial charge in [0.25, 0.3) is 5.91 Å². The molecule has 1 fully saturated rings. The Labute approximate surface area is 98.9 Å². The van der Waals surface area contributed by atoms with Crippen molar-refractivity contribution in [2.45, 2.75) is 37.8 Å². The van der Waals surface area contributed by atoms with Gasteiger partial charge in [-0.3, -0.25) is 4.79 Å². The van der Waals surface area contributed by atoms with Gasteiger partial charge in [0.2, 0.25) is 5.95 Å². The maximum absolute atomic E-state index is 12.8. The van der Waals surface area contributed by atoms with Crippen LogP contribution in [0.15, 0.2) is 18.3 Å². The van der Waals surface area contributed by atoms with E-state index in [0.717, 1.165) is 25.3 Å². The summed E-state index contributed by atoms with van der Waals surface area (Å²) in [5.74, 6) is -1.04. The van der Waals surface area contributed by atoms with E-state index in [9.17, 15) is 14.3 Å². The van der Waals surface area contributed by atoms with Gasteiger partial charge in [0, 0.05) is 17.8 Å². The number of pyridine rings is 1. The molecule has 1 aromatic rings. The first-order valence-corrected chi connectivity index (χ1v) is 5.77. The van der Waals surface area contributed by atoms with Crippen LogP contribution in [0.4, 0.5) is 4.39 Å². The largest absolute Gasteiger partial charge is 0.391 e. The molecule has 5 heteroatoms. The van der Waals surface area contributed by atoms with Crippen LogP contribution < -0.4 is 5.32 Å². The number of nitrogens with zero attached hydrogens (tertiary/aromatic N) is 1. The van der Waals surface area contributed by atoms with Crippen molar-refractivity contribution in [2.24, 2.45) is 0 Å². The van der Waals surface area contributed by atoms with Crippen molar-refractivity contribution in [3.8, 4) is 0 Å². The molecule has 0 bridgehead atoms. The summed E-state index contributed by atoms with van der Waals surface area (Å²) in [6.07, 6.45) is 4.20. The number of aromatic nitrogens is 1. The molecule has 0 spiro atoms. The molecule has 0 aliphatic heterocycles. The SMILES string of the molecule is O=C(N[C@@H]1CCCC[C@H]1O)c1ccnc(F)c1. The number of nitrogens with one attached hydrogen (secondary N) is 1. The first-order valence-electron chi connectivity index (χ1n) is 5.77. The number of aliphatic hydroxyl groups excluding tert-OH is 1. The lowest BCUT2D eigenvalue weighted by atomic mass is 9.92. The molecular weight excluding hydrogens is 223 g/mol. The van der Waals surface area contributed by atoms with Gasteiger partial charge >= 0.3 is 0 Å². The van der Waals surface area contributed by atoms with E-state index in [0.29, 0.717) is 6.42 Å². The van der Waals surface area contributed by atoms with Crippen LogP contribution in [0.3, 0.4) is 0 Å². The first kappa shape index (κ1) is 12.0. The number of amides is 1. The van der Waals surface area contributed by atoms with Crippen molar-refractivity contribution < 1.29 is 14.3 Å². The third-order valence-electron chi connectivity index (χ3n) is 3.03. The Bertz CT molecular complexity index is 411. The molecule has 0 unspecified atom stereocenters. The zero-order valence-corrected chi connectivity index (χ0v) is 9.40. The van der Waals surface area contributed by atoms with E-state index >= 15 is 0 Å². The molecule has 1 aliphatic carbocycles. The number of hydrogen-bond donors (Lipinski definition) is 2. The number of aliphatic hydroxyl groups is 1. The van der Waals surface area contributed by atoms with E-state index in [4.69, 9.17) is 0 Å². The summed E-state index contributed by atoms with van der Waals surface area (Å²) in [5.41, 5.74) is 0.232. The van der Waals surface area contributed by atoms with Crippen molar-refractivity contribution >= 4 is 5.91 Å². The second kappa shape index (κ2) is 5.23. The molecule has 17 heavy (non-hydrogen) atoms. The molecule has 92 valence electrons. The highest BCUT2D eigenvalue weighted by Gasteiger charge is 2.24. The van der Waals surface area contributed by atoms with Gasteiger partial charge in [0.1, 0.15) is 0 Å². The summed E-state index contributed by atoms with van der Waals surface area (Å²) in [6.45, 7) is 0. The molecular formula is C12H15FN2O2. The molecule has 1 aliphatic rings. The Morgan fingerprint density at radius 2 is 2.24 bits per heavy atom. The zero-order valence-electron chi connectivity index (χ0n) is 9.40.